The fourth-order valence-corrected chi connectivity index (χ4v) is 4.88. The number of rotatable bonds is 7. The van der Waals surface area contributed by atoms with E-state index in [-0.39, 0.29) is 31.2 Å². The molecule has 0 aromatic heterocycles. The van der Waals surface area contributed by atoms with Crippen LogP contribution in [0, 0.1) is 5.82 Å². The van der Waals surface area contributed by atoms with Crippen molar-refractivity contribution < 1.29 is 27.1 Å². The lowest BCUT2D eigenvalue weighted by Crippen LogP contribution is -2.42. The second-order valence-corrected chi connectivity index (χ2v) is 9.22. The molecule has 2 aromatic carbocycles. The van der Waals surface area contributed by atoms with E-state index in [4.69, 9.17) is 4.74 Å². The molecule has 1 fully saturated rings. The first-order valence-corrected chi connectivity index (χ1v) is 12.0. The summed E-state index contributed by atoms with van der Waals surface area (Å²) in [6, 6.07) is 9.80. The van der Waals surface area contributed by atoms with Crippen LogP contribution < -0.4 is 15.8 Å². The number of hydrogen-bond acceptors (Lipinski definition) is 6. The second kappa shape index (κ2) is 10.7. The Morgan fingerprint density at radius 3 is 2.21 bits per heavy atom. The summed E-state index contributed by atoms with van der Waals surface area (Å²) in [6.07, 6.45) is 0. The van der Waals surface area contributed by atoms with Crippen molar-refractivity contribution in [3.8, 4) is 0 Å². The van der Waals surface area contributed by atoms with Crippen molar-refractivity contribution in [3.63, 3.8) is 0 Å². The molecular weight excluding hydrogens is 451 g/mol. The summed E-state index contributed by atoms with van der Waals surface area (Å²) in [4.78, 5) is 26.7. The van der Waals surface area contributed by atoms with Crippen LogP contribution in [-0.4, -0.2) is 63.9 Å². The van der Waals surface area contributed by atoms with Crippen LogP contribution in [0.4, 0.5) is 10.1 Å². The van der Waals surface area contributed by atoms with Crippen LogP contribution in [0.1, 0.15) is 34.6 Å². The quantitative estimate of drug-likeness (QED) is 0.588. The molecule has 3 rings (SSSR count). The van der Waals surface area contributed by atoms with Crippen molar-refractivity contribution in [1.29, 1.82) is 0 Å². The molecular formula is C22H27FN4O5S. The van der Waals surface area contributed by atoms with Gasteiger partial charge in [-0.2, -0.15) is 4.31 Å². The number of carbonyl (C=O) groups excluding carboxylic acids is 2. The Bertz CT molecular complexity index is 1100. The average molecular weight is 479 g/mol. The van der Waals surface area contributed by atoms with E-state index in [2.05, 4.69) is 15.8 Å². The minimum atomic E-state index is -3.91. The molecule has 0 bridgehead atoms. The largest absolute Gasteiger partial charge is 0.379 e. The number of anilines is 1. The molecule has 11 heteroatoms. The van der Waals surface area contributed by atoms with E-state index in [1.807, 2.05) is 13.8 Å². The first-order valence-electron chi connectivity index (χ1n) is 10.6. The van der Waals surface area contributed by atoms with Gasteiger partial charge in [-0.25, -0.2) is 12.8 Å². The molecule has 0 radical (unpaired) electrons. The molecule has 1 aliphatic heterocycles. The zero-order valence-electron chi connectivity index (χ0n) is 18.5. The van der Waals surface area contributed by atoms with Gasteiger partial charge >= 0.3 is 0 Å². The number of nitrogens with zero attached hydrogens (tertiary/aromatic N) is 2. The van der Waals surface area contributed by atoms with Gasteiger partial charge in [-0.05, 0) is 56.3 Å². The number of benzene rings is 2. The molecule has 33 heavy (non-hydrogen) atoms. The number of halogens is 1. The highest BCUT2D eigenvalue weighted by Crippen LogP contribution is 2.20. The van der Waals surface area contributed by atoms with Crippen molar-refractivity contribution in [2.45, 2.75) is 18.7 Å². The second-order valence-electron chi connectivity index (χ2n) is 7.29. The van der Waals surface area contributed by atoms with E-state index in [0.717, 1.165) is 37.0 Å². The summed E-state index contributed by atoms with van der Waals surface area (Å²) in [5, 5.41) is 0. The van der Waals surface area contributed by atoms with Gasteiger partial charge in [0.15, 0.2) is 0 Å². The summed E-state index contributed by atoms with van der Waals surface area (Å²) in [7, 11) is -3.91. The van der Waals surface area contributed by atoms with Crippen LogP contribution in [0.3, 0.4) is 0 Å². The SMILES string of the molecule is CCN(CC)c1ccc(C(=O)NNC(=O)c2cc(S(=O)(=O)N3CCOCC3)ccc2F)cc1. The maximum atomic E-state index is 14.3. The molecule has 1 heterocycles. The summed E-state index contributed by atoms with van der Waals surface area (Å²) in [5.74, 6) is -2.47. The molecule has 1 saturated heterocycles. The van der Waals surface area contributed by atoms with Gasteiger partial charge in [-0.1, -0.05) is 0 Å². The minimum absolute atomic E-state index is 0.171. The van der Waals surface area contributed by atoms with Gasteiger partial charge < -0.3 is 9.64 Å². The third-order valence-corrected chi connectivity index (χ3v) is 7.23. The molecule has 2 N–H and O–H groups in total. The van der Waals surface area contributed by atoms with Crippen molar-refractivity contribution in [1.82, 2.24) is 15.2 Å². The number of ether oxygens (including phenoxy) is 1. The van der Waals surface area contributed by atoms with Gasteiger partial charge in [0.25, 0.3) is 11.8 Å². The summed E-state index contributed by atoms with van der Waals surface area (Å²) in [5.41, 5.74) is 5.13. The lowest BCUT2D eigenvalue weighted by Gasteiger charge is -2.26. The number of morpholine rings is 1. The number of hydrogen-bond donors (Lipinski definition) is 2. The Kier molecular flexibility index (Phi) is 8.01. The molecule has 0 spiro atoms. The van der Waals surface area contributed by atoms with Crippen LogP contribution in [0.2, 0.25) is 0 Å². The number of sulfonamides is 1. The number of nitrogens with one attached hydrogen (secondary N) is 2. The van der Waals surface area contributed by atoms with Crippen molar-refractivity contribution in [2.24, 2.45) is 0 Å². The van der Waals surface area contributed by atoms with Crippen molar-refractivity contribution in [2.75, 3.05) is 44.3 Å². The maximum absolute atomic E-state index is 14.3. The summed E-state index contributed by atoms with van der Waals surface area (Å²) < 4.78 is 46.2. The predicted octanol–water partition coefficient (Wildman–Crippen LogP) is 1.77. The number of amides is 2. The standard InChI is InChI=1S/C22H27FN4O5S/c1-3-26(4-2)17-7-5-16(6-8-17)21(28)24-25-22(29)19-15-18(9-10-20(19)23)33(30,31)27-11-13-32-14-12-27/h5-10,15H,3-4,11-14H2,1-2H3,(H,24,28)(H,25,29). The van der Waals surface area contributed by atoms with E-state index in [9.17, 15) is 22.4 Å². The Hall–Kier alpha value is -3.02. The van der Waals surface area contributed by atoms with Crippen LogP contribution in [0.15, 0.2) is 47.4 Å². The van der Waals surface area contributed by atoms with Crippen molar-refractivity contribution >= 4 is 27.5 Å². The zero-order chi connectivity index (χ0) is 24.0. The minimum Gasteiger partial charge on any atom is -0.379 e. The molecule has 0 aliphatic carbocycles. The first kappa shape index (κ1) is 24.6. The van der Waals surface area contributed by atoms with Gasteiger partial charge in [-0.3, -0.25) is 20.4 Å². The van der Waals surface area contributed by atoms with Crippen molar-refractivity contribution in [3.05, 3.63) is 59.4 Å². The highest BCUT2D eigenvalue weighted by atomic mass is 32.2. The van der Waals surface area contributed by atoms with E-state index in [1.165, 1.54) is 4.31 Å². The fraction of sp³-hybridized carbons (Fsp3) is 0.364. The maximum Gasteiger partial charge on any atom is 0.272 e. The Morgan fingerprint density at radius 1 is 1.00 bits per heavy atom. The Labute approximate surface area is 192 Å². The van der Waals surface area contributed by atoms with Gasteiger partial charge in [0.05, 0.1) is 23.7 Å². The first-order chi connectivity index (χ1) is 15.8. The molecule has 0 atom stereocenters. The molecule has 2 amide bonds. The lowest BCUT2D eigenvalue weighted by molar-refractivity contribution is 0.0730. The third-order valence-electron chi connectivity index (χ3n) is 5.34. The molecule has 178 valence electrons. The Morgan fingerprint density at radius 2 is 1.61 bits per heavy atom. The molecule has 9 nitrogen and oxygen atoms in total. The number of hydrazine groups is 1. The molecule has 1 aliphatic rings. The third kappa shape index (κ3) is 5.67. The van der Waals surface area contributed by atoms with Crippen LogP contribution in [0.5, 0.6) is 0 Å². The van der Waals surface area contributed by atoms with Gasteiger partial charge in [0.2, 0.25) is 10.0 Å². The molecule has 0 saturated carbocycles. The summed E-state index contributed by atoms with van der Waals surface area (Å²) in [6.45, 7) is 6.56. The van der Waals surface area contributed by atoms with Crippen LogP contribution in [-0.2, 0) is 14.8 Å². The smallest absolute Gasteiger partial charge is 0.272 e. The topological polar surface area (TPSA) is 108 Å². The number of carbonyl (C=O) groups is 2. The highest BCUT2D eigenvalue weighted by Gasteiger charge is 2.28. The lowest BCUT2D eigenvalue weighted by atomic mass is 10.2. The normalized spacial score (nSPS) is 14.5. The van der Waals surface area contributed by atoms with Gasteiger partial charge in [-0.15, -0.1) is 0 Å². The highest BCUT2D eigenvalue weighted by molar-refractivity contribution is 7.89. The average Bonchev–Trinajstić information content (AvgIpc) is 2.84. The van der Waals surface area contributed by atoms with E-state index in [0.29, 0.717) is 5.56 Å². The van der Waals surface area contributed by atoms with Crippen LogP contribution >= 0.6 is 0 Å². The monoisotopic (exact) mass is 478 g/mol. The van der Waals surface area contributed by atoms with Gasteiger partial charge in [0, 0.05) is 37.4 Å². The van der Waals surface area contributed by atoms with Crippen LogP contribution in [0.25, 0.3) is 0 Å². The van der Waals surface area contributed by atoms with E-state index < -0.39 is 33.2 Å². The molecule has 0 unspecified atom stereocenters. The zero-order valence-corrected chi connectivity index (χ0v) is 19.3. The fourth-order valence-electron chi connectivity index (χ4n) is 3.44. The summed E-state index contributed by atoms with van der Waals surface area (Å²) >= 11 is 0. The predicted molar refractivity (Wildman–Crippen MR) is 121 cm³/mol. The van der Waals surface area contributed by atoms with E-state index >= 15 is 0 Å². The molecule has 2 aromatic rings. The van der Waals surface area contributed by atoms with Gasteiger partial charge in [0.1, 0.15) is 5.82 Å². The Balaban J connectivity index is 1.69. The van der Waals surface area contributed by atoms with E-state index in [1.54, 1.807) is 24.3 Å².